The van der Waals surface area contributed by atoms with Crippen LogP contribution in [-0.2, 0) is 17.6 Å². The van der Waals surface area contributed by atoms with Crippen molar-refractivity contribution >= 4 is 10.8 Å². The molecule has 1 nitrogen and oxygen atoms in total. The normalized spacial score (nSPS) is 23.2. The first-order valence-electron chi connectivity index (χ1n) is 12.9. The average Bonchev–Trinajstić information content (AvgIpc) is 2.84. The van der Waals surface area contributed by atoms with E-state index in [1.807, 2.05) is 7.11 Å². The van der Waals surface area contributed by atoms with Crippen molar-refractivity contribution in [2.75, 3.05) is 13.7 Å². The first-order valence-corrected chi connectivity index (χ1v) is 12.9. The Bertz CT molecular complexity index is 1040. The van der Waals surface area contributed by atoms with Gasteiger partial charge in [0.05, 0.1) is 0 Å². The Hall–Kier alpha value is -2.12. The van der Waals surface area contributed by atoms with E-state index in [2.05, 4.69) is 61.5 Å². The van der Waals surface area contributed by atoms with Gasteiger partial charge in [-0.15, -0.1) is 0 Å². The molecule has 0 amide bonds. The molecule has 1 unspecified atom stereocenters. The summed E-state index contributed by atoms with van der Waals surface area (Å²) < 4.78 is 5.41. The minimum Gasteiger partial charge on any atom is -0.384 e. The first kappa shape index (κ1) is 21.7. The second-order valence-corrected chi connectivity index (χ2v) is 10.3. The van der Waals surface area contributed by atoms with Crippen LogP contribution in [0, 0.1) is 11.8 Å². The minimum absolute atomic E-state index is 0.671. The van der Waals surface area contributed by atoms with Crippen LogP contribution in [0.5, 0.6) is 0 Å². The quantitative estimate of drug-likeness (QED) is 0.385. The molecule has 168 valence electrons. The summed E-state index contributed by atoms with van der Waals surface area (Å²) in [6, 6.07) is 21.3. The molecule has 5 rings (SSSR count). The molecule has 0 N–H and O–H groups in total. The standard InChI is InChI=1S/C31H38O/c1-3-4-22-5-8-24(9-6-22)25-10-12-26(13-11-25)27-16-18-31-29(20-27)15-14-28-19-23(21-32-2)7-17-30(28)31/h10-16,18,20,22-24H,3-9,17,19,21H2,1-2H3. The van der Waals surface area contributed by atoms with E-state index in [1.165, 1.54) is 78.8 Å². The zero-order valence-electron chi connectivity index (χ0n) is 19.9. The SMILES string of the molecule is CCCC1CCC(c2ccc(-c3ccc4c5c(ccc4c3)CC(COC)CC5)cc2)CC1. The molecule has 0 aromatic heterocycles. The van der Waals surface area contributed by atoms with E-state index in [1.54, 1.807) is 11.1 Å². The van der Waals surface area contributed by atoms with Crippen molar-refractivity contribution in [2.45, 2.75) is 70.6 Å². The fourth-order valence-corrected chi connectivity index (χ4v) is 6.39. The highest BCUT2D eigenvalue weighted by Crippen LogP contribution is 2.38. The number of benzene rings is 3. The predicted molar refractivity (Wildman–Crippen MR) is 136 cm³/mol. The van der Waals surface area contributed by atoms with Gasteiger partial charge in [0.25, 0.3) is 0 Å². The zero-order chi connectivity index (χ0) is 21.9. The highest BCUT2D eigenvalue weighted by molar-refractivity contribution is 5.91. The summed E-state index contributed by atoms with van der Waals surface area (Å²) in [4.78, 5) is 0. The second-order valence-electron chi connectivity index (χ2n) is 10.3. The maximum absolute atomic E-state index is 5.41. The van der Waals surface area contributed by atoms with Crippen molar-refractivity contribution in [1.29, 1.82) is 0 Å². The predicted octanol–water partition coefficient (Wildman–Crippen LogP) is 8.33. The van der Waals surface area contributed by atoms with Crippen LogP contribution in [0.2, 0.25) is 0 Å². The van der Waals surface area contributed by atoms with Gasteiger partial charge in [-0.2, -0.15) is 0 Å². The van der Waals surface area contributed by atoms with Crippen molar-refractivity contribution in [3.05, 3.63) is 71.3 Å². The van der Waals surface area contributed by atoms with E-state index >= 15 is 0 Å². The lowest BCUT2D eigenvalue weighted by Gasteiger charge is -2.28. The zero-order valence-corrected chi connectivity index (χ0v) is 19.9. The Labute approximate surface area is 194 Å². The molecule has 1 heteroatoms. The Kier molecular flexibility index (Phi) is 6.64. The van der Waals surface area contributed by atoms with Gasteiger partial charge in [0.1, 0.15) is 0 Å². The summed E-state index contributed by atoms with van der Waals surface area (Å²) in [5, 5.41) is 2.83. The third kappa shape index (κ3) is 4.50. The van der Waals surface area contributed by atoms with E-state index in [9.17, 15) is 0 Å². The van der Waals surface area contributed by atoms with Crippen LogP contribution in [0.4, 0.5) is 0 Å². The number of hydrogen-bond donors (Lipinski definition) is 0. The van der Waals surface area contributed by atoms with Gasteiger partial charge in [-0.25, -0.2) is 0 Å². The largest absolute Gasteiger partial charge is 0.384 e. The number of fused-ring (bicyclic) bond motifs is 3. The van der Waals surface area contributed by atoms with Gasteiger partial charge >= 0.3 is 0 Å². The number of hydrogen-bond acceptors (Lipinski definition) is 1. The molecular formula is C31H38O. The average molecular weight is 427 g/mol. The molecule has 2 aliphatic rings. The fraction of sp³-hybridized carbons (Fsp3) is 0.484. The Morgan fingerprint density at radius 2 is 1.59 bits per heavy atom. The van der Waals surface area contributed by atoms with E-state index in [0.29, 0.717) is 5.92 Å². The summed E-state index contributed by atoms with van der Waals surface area (Å²) in [6.45, 7) is 3.21. The van der Waals surface area contributed by atoms with Gasteiger partial charge in [-0.05, 0) is 107 Å². The van der Waals surface area contributed by atoms with Crippen LogP contribution in [0.1, 0.15) is 74.5 Å². The molecule has 0 bridgehead atoms. The monoisotopic (exact) mass is 426 g/mol. The summed E-state index contributed by atoms with van der Waals surface area (Å²) in [5.74, 6) is 2.41. The van der Waals surface area contributed by atoms with E-state index < -0.39 is 0 Å². The Balaban J connectivity index is 1.32. The van der Waals surface area contributed by atoms with Gasteiger partial charge in [0, 0.05) is 13.7 Å². The lowest BCUT2D eigenvalue weighted by molar-refractivity contribution is 0.145. The molecule has 1 saturated carbocycles. The van der Waals surface area contributed by atoms with Crippen LogP contribution < -0.4 is 0 Å². The topological polar surface area (TPSA) is 9.23 Å². The van der Waals surface area contributed by atoms with E-state index in [-0.39, 0.29) is 0 Å². The molecule has 0 heterocycles. The number of aryl methyl sites for hydroxylation is 1. The molecular weight excluding hydrogens is 388 g/mol. The maximum Gasteiger partial charge on any atom is 0.0493 e. The Morgan fingerprint density at radius 1 is 0.812 bits per heavy atom. The lowest BCUT2D eigenvalue weighted by atomic mass is 9.77. The number of methoxy groups -OCH3 is 1. The number of rotatable bonds is 6. The summed E-state index contributed by atoms with van der Waals surface area (Å²) in [7, 11) is 1.82. The summed E-state index contributed by atoms with van der Waals surface area (Å²) in [5.41, 5.74) is 7.31. The first-order chi connectivity index (χ1) is 15.7. The van der Waals surface area contributed by atoms with Crippen LogP contribution in [0.15, 0.2) is 54.6 Å². The molecule has 0 saturated heterocycles. The number of ether oxygens (including phenoxy) is 1. The molecule has 1 atom stereocenters. The molecule has 2 aliphatic carbocycles. The van der Waals surface area contributed by atoms with Gasteiger partial charge in [0.2, 0.25) is 0 Å². The molecule has 32 heavy (non-hydrogen) atoms. The summed E-state index contributed by atoms with van der Waals surface area (Å²) >= 11 is 0. The maximum atomic E-state index is 5.41. The van der Waals surface area contributed by atoms with Crippen LogP contribution >= 0.6 is 0 Å². The van der Waals surface area contributed by atoms with E-state index in [0.717, 1.165) is 24.9 Å². The molecule has 3 aromatic rings. The van der Waals surface area contributed by atoms with Gasteiger partial charge in [-0.3, -0.25) is 0 Å². The highest BCUT2D eigenvalue weighted by Gasteiger charge is 2.22. The van der Waals surface area contributed by atoms with Crippen LogP contribution in [-0.4, -0.2) is 13.7 Å². The van der Waals surface area contributed by atoms with Crippen molar-refractivity contribution in [3.63, 3.8) is 0 Å². The molecule has 0 radical (unpaired) electrons. The van der Waals surface area contributed by atoms with Crippen LogP contribution in [0.3, 0.4) is 0 Å². The van der Waals surface area contributed by atoms with Gasteiger partial charge in [0.15, 0.2) is 0 Å². The molecule has 3 aromatic carbocycles. The molecule has 1 fully saturated rings. The third-order valence-corrected chi connectivity index (χ3v) is 8.20. The van der Waals surface area contributed by atoms with Gasteiger partial charge < -0.3 is 4.74 Å². The van der Waals surface area contributed by atoms with E-state index in [4.69, 9.17) is 4.74 Å². The second kappa shape index (κ2) is 9.79. The fourth-order valence-electron chi connectivity index (χ4n) is 6.39. The summed E-state index contributed by atoms with van der Waals surface area (Å²) in [6.07, 6.45) is 11.9. The lowest BCUT2D eigenvalue weighted by Crippen LogP contribution is -2.18. The smallest absolute Gasteiger partial charge is 0.0493 e. The van der Waals surface area contributed by atoms with Crippen molar-refractivity contribution < 1.29 is 4.74 Å². The van der Waals surface area contributed by atoms with Crippen LogP contribution in [0.25, 0.3) is 21.9 Å². The minimum atomic E-state index is 0.671. The molecule has 0 aliphatic heterocycles. The highest BCUT2D eigenvalue weighted by atomic mass is 16.5. The third-order valence-electron chi connectivity index (χ3n) is 8.20. The van der Waals surface area contributed by atoms with Crippen molar-refractivity contribution in [2.24, 2.45) is 11.8 Å². The van der Waals surface area contributed by atoms with Crippen molar-refractivity contribution in [1.82, 2.24) is 0 Å². The van der Waals surface area contributed by atoms with Crippen molar-refractivity contribution in [3.8, 4) is 11.1 Å². The van der Waals surface area contributed by atoms with Gasteiger partial charge in [-0.1, -0.05) is 68.3 Å². The molecule has 0 spiro atoms. The Morgan fingerprint density at radius 3 is 2.34 bits per heavy atom.